The molecule has 1 amide bonds. The minimum Gasteiger partial charge on any atom is -0.455 e. The molecule has 2 aliphatic heterocycles. The quantitative estimate of drug-likeness (QED) is 0.512. The van der Waals surface area contributed by atoms with Crippen molar-refractivity contribution >= 4 is 17.7 Å². The van der Waals surface area contributed by atoms with E-state index in [9.17, 15) is 14.4 Å². The van der Waals surface area contributed by atoms with Crippen LogP contribution in [-0.4, -0.2) is 80.1 Å². The van der Waals surface area contributed by atoms with Gasteiger partial charge in [0, 0.05) is 39.1 Å². The largest absolute Gasteiger partial charge is 0.455 e. The van der Waals surface area contributed by atoms with Gasteiger partial charge in [0.2, 0.25) is 5.91 Å². The zero-order chi connectivity index (χ0) is 21.7. The summed E-state index contributed by atoms with van der Waals surface area (Å²) in [6.45, 7) is 6.26. The van der Waals surface area contributed by atoms with Crippen molar-refractivity contribution in [1.82, 2.24) is 15.5 Å². The number of methoxy groups -OCH3 is 1. The second-order valence-corrected chi connectivity index (χ2v) is 9.38. The molecule has 1 spiro atoms. The molecule has 3 rings (SSSR count). The lowest BCUT2D eigenvalue weighted by atomic mass is 9.96. The first-order chi connectivity index (χ1) is 14.3. The van der Waals surface area contributed by atoms with Crippen molar-refractivity contribution < 1.29 is 23.9 Å². The summed E-state index contributed by atoms with van der Waals surface area (Å²) >= 11 is 0. The number of carbonyl (C=O) groups is 3. The molecule has 4 atom stereocenters. The van der Waals surface area contributed by atoms with E-state index in [0.717, 1.165) is 25.8 Å². The third kappa shape index (κ3) is 6.25. The van der Waals surface area contributed by atoms with Crippen LogP contribution >= 0.6 is 0 Å². The van der Waals surface area contributed by atoms with Crippen LogP contribution in [0, 0.1) is 11.8 Å². The third-order valence-electron chi connectivity index (χ3n) is 6.59. The number of esters is 1. The molecule has 30 heavy (non-hydrogen) atoms. The molecule has 3 fully saturated rings. The smallest absolute Gasteiger partial charge is 0.316 e. The molecule has 0 aromatic carbocycles. The SMILES string of the molecule is COC1CCC(=O)C(C)C(=O)OC2(CCN(C(=O)CNC3CC3)C2)CNCC(C)C1. The highest BCUT2D eigenvalue weighted by Crippen LogP contribution is 2.28. The Kier molecular flexibility index (Phi) is 7.87. The number of amides is 1. The molecule has 8 heteroatoms. The first-order valence-corrected chi connectivity index (χ1v) is 11.3. The molecular formula is C22H37N3O5. The second-order valence-electron chi connectivity index (χ2n) is 9.38. The number of likely N-dealkylation sites (tertiary alicyclic amines) is 1. The van der Waals surface area contributed by atoms with Crippen LogP contribution in [0.25, 0.3) is 0 Å². The molecule has 2 heterocycles. The van der Waals surface area contributed by atoms with Crippen LogP contribution in [0.5, 0.6) is 0 Å². The Hall–Kier alpha value is -1.51. The van der Waals surface area contributed by atoms with Crippen LogP contribution in [-0.2, 0) is 23.9 Å². The Morgan fingerprint density at radius 3 is 2.77 bits per heavy atom. The van der Waals surface area contributed by atoms with E-state index in [-0.39, 0.29) is 17.8 Å². The van der Waals surface area contributed by atoms with E-state index in [1.54, 1.807) is 18.9 Å². The molecule has 2 saturated heterocycles. The molecule has 170 valence electrons. The average Bonchev–Trinajstić information content (AvgIpc) is 3.46. The fourth-order valence-corrected chi connectivity index (χ4v) is 4.32. The van der Waals surface area contributed by atoms with E-state index < -0.39 is 17.5 Å². The fraction of sp³-hybridized carbons (Fsp3) is 0.864. The van der Waals surface area contributed by atoms with Crippen LogP contribution in [0.1, 0.15) is 52.4 Å². The summed E-state index contributed by atoms with van der Waals surface area (Å²) in [5, 5.41) is 6.70. The normalized spacial score (nSPS) is 34.2. The van der Waals surface area contributed by atoms with Crippen LogP contribution in [0.4, 0.5) is 0 Å². The van der Waals surface area contributed by atoms with Crippen LogP contribution in [0.3, 0.4) is 0 Å². The zero-order valence-electron chi connectivity index (χ0n) is 18.6. The van der Waals surface area contributed by atoms with Gasteiger partial charge in [0.25, 0.3) is 0 Å². The Morgan fingerprint density at radius 2 is 2.07 bits per heavy atom. The summed E-state index contributed by atoms with van der Waals surface area (Å²) in [7, 11) is 1.67. The minimum atomic E-state index is -0.807. The van der Waals surface area contributed by atoms with Crippen molar-refractivity contribution in [2.24, 2.45) is 11.8 Å². The lowest BCUT2D eigenvalue weighted by Crippen LogP contribution is -2.50. The van der Waals surface area contributed by atoms with Gasteiger partial charge in [0.1, 0.15) is 17.3 Å². The van der Waals surface area contributed by atoms with Crippen molar-refractivity contribution in [2.75, 3.05) is 39.8 Å². The number of carbonyl (C=O) groups excluding carboxylic acids is 3. The van der Waals surface area contributed by atoms with Crippen LogP contribution < -0.4 is 10.6 Å². The molecule has 0 aromatic heterocycles. The molecule has 0 aromatic rings. The van der Waals surface area contributed by atoms with Gasteiger partial charge in [-0.3, -0.25) is 14.4 Å². The summed E-state index contributed by atoms with van der Waals surface area (Å²) in [6, 6.07) is 0.472. The predicted octanol–water partition coefficient (Wildman–Crippen LogP) is 0.883. The number of nitrogens with one attached hydrogen (secondary N) is 2. The Labute approximate surface area is 179 Å². The maximum atomic E-state index is 12.8. The highest BCUT2D eigenvalue weighted by molar-refractivity contribution is 5.98. The summed E-state index contributed by atoms with van der Waals surface area (Å²) in [5.74, 6) is -1.01. The van der Waals surface area contributed by atoms with E-state index >= 15 is 0 Å². The monoisotopic (exact) mass is 423 g/mol. The van der Waals surface area contributed by atoms with Gasteiger partial charge in [-0.1, -0.05) is 6.92 Å². The lowest BCUT2D eigenvalue weighted by Gasteiger charge is -2.31. The molecular weight excluding hydrogens is 386 g/mol. The summed E-state index contributed by atoms with van der Waals surface area (Å²) in [5.41, 5.74) is -0.782. The number of Topliss-reactive ketones (excluding diaryl/α,β-unsaturated/α-hetero) is 1. The van der Waals surface area contributed by atoms with Gasteiger partial charge in [-0.25, -0.2) is 0 Å². The first kappa shape index (κ1) is 23.2. The number of nitrogens with zero attached hydrogens (tertiary/aromatic N) is 1. The third-order valence-corrected chi connectivity index (χ3v) is 6.59. The van der Waals surface area contributed by atoms with Gasteiger partial charge in [0.05, 0.1) is 19.2 Å². The number of hydrogen-bond donors (Lipinski definition) is 2. The summed E-state index contributed by atoms with van der Waals surface area (Å²) < 4.78 is 11.5. The van der Waals surface area contributed by atoms with Gasteiger partial charge < -0.3 is 25.0 Å². The molecule has 0 bridgehead atoms. The summed E-state index contributed by atoms with van der Waals surface area (Å²) in [6.07, 6.45) is 4.61. The van der Waals surface area contributed by atoms with E-state index in [1.807, 2.05) is 0 Å². The number of hydrogen-bond acceptors (Lipinski definition) is 7. The van der Waals surface area contributed by atoms with Crippen LogP contribution in [0.15, 0.2) is 0 Å². The van der Waals surface area contributed by atoms with Crippen molar-refractivity contribution in [3.8, 4) is 0 Å². The van der Waals surface area contributed by atoms with Crippen LogP contribution in [0.2, 0.25) is 0 Å². The molecule has 1 saturated carbocycles. The van der Waals surface area contributed by atoms with E-state index in [4.69, 9.17) is 9.47 Å². The van der Waals surface area contributed by atoms with Crippen molar-refractivity contribution in [3.05, 3.63) is 0 Å². The number of ether oxygens (including phenoxy) is 2. The van der Waals surface area contributed by atoms with E-state index in [1.165, 1.54) is 0 Å². The van der Waals surface area contributed by atoms with Gasteiger partial charge in [-0.15, -0.1) is 0 Å². The maximum absolute atomic E-state index is 12.8. The highest BCUT2D eigenvalue weighted by atomic mass is 16.6. The molecule has 0 radical (unpaired) electrons. The molecule has 8 nitrogen and oxygen atoms in total. The summed E-state index contributed by atoms with van der Waals surface area (Å²) in [4.78, 5) is 39.7. The lowest BCUT2D eigenvalue weighted by molar-refractivity contribution is -0.165. The van der Waals surface area contributed by atoms with Crippen molar-refractivity contribution in [2.45, 2.75) is 70.1 Å². The number of rotatable bonds is 4. The van der Waals surface area contributed by atoms with Crippen molar-refractivity contribution in [3.63, 3.8) is 0 Å². The first-order valence-electron chi connectivity index (χ1n) is 11.3. The minimum absolute atomic E-state index is 0.00208. The van der Waals surface area contributed by atoms with Gasteiger partial charge in [-0.05, 0) is 45.1 Å². The molecule has 1 aliphatic carbocycles. The predicted molar refractivity (Wildman–Crippen MR) is 112 cm³/mol. The molecule has 3 aliphatic rings. The Bertz CT molecular complexity index is 638. The zero-order valence-corrected chi connectivity index (χ0v) is 18.6. The standard InChI is InChI=1S/C22H37N3O5/c1-15-10-18(29-3)6-7-19(26)16(2)21(28)30-22(13-23-11-15)8-9-25(14-22)20(27)12-24-17-4-5-17/h15-18,23-24H,4-14H2,1-3H3. The molecule has 2 N–H and O–H groups in total. The van der Waals surface area contributed by atoms with Gasteiger partial charge >= 0.3 is 5.97 Å². The Balaban J connectivity index is 1.67. The average molecular weight is 424 g/mol. The highest BCUT2D eigenvalue weighted by Gasteiger charge is 2.44. The van der Waals surface area contributed by atoms with E-state index in [2.05, 4.69) is 17.6 Å². The van der Waals surface area contributed by atoms with Crippen molar-refractivity contribution in [1.29, 1.82) is 0 Å². The maximum Gasteiger partial charge on any atom is 0.316 e. The fourth-order valence-electron chi connectivity index (χ4n) is 4.32. The van der Waals surface area contributed by atoms with Gasteiger partial charge in [0.15, 0.2) is 0 Å². The second kappa shape index (κ2) is 10.2. The topological polar surface area (TPSA) is 97.0 Å². The molecule has 4 unspecified atom stereocenters. The number of ketones is 1. The van der Waals surface area contributed by atoms with Gasteiger partial charge in [-0.2, -0.15) is 0 Å². The van der Waals surface area contributed by atoms with E-state index in [0.29, 0.717) is 57.4 Å². The Morgan fingerprint density at radius 1 is 1.30 bits per heavy atom.